The van der Waals surface area contributed by atoms with Crippen molar-refractivity contribution in [1.82, 2.24) is 0 Å². The molecule has 1 heterocycles. The van der Waals surface area contributed by atoms with Crippen LogP contribution in [0.1, 0.15) is 27.9 Å². The second-order valence-electron chi connectivity index (χ2n) is 5.77. The van der Waals surface area contributed by atoms with Crippen LogP contribution in [0, 0.1) is 0 Å². The summed E-state index contributed by atoms with van der Waals surface area (Å²) in [4.78, 5) is 12.3. The monoisotopic (exact) mass is 316 g/mol. The zero-order valence-electron chi connectivity index (χ0n) is 13.6. The van der Waals surface area contributed by atoms with Crippen LogP contribution in [-0.2, 0) is 6.42 Å². The molecule has 2 heteroatoms. The zero-order chi connectivity index (χ0) is 16.8. The van der Waals surface area contributed by atoms with Crippen LogP contribution in [0.2, 0.25) is 0 Å². The largest absolute Gasteiger partial charge is 0.493 e. The number of hydrogen-bond acceptors (Lipinski definition) is 2. The molecule has 0 radical (unpaired) electrons. The molecule has 0 amide bonds. The summed E-state index contributed by atoms with van der Waals surface area (Å²) in [5.74, 6) is 0.935. The van der Waals surface area contributed by atoms with Crippen molar-refractivity contribution in [3.8, 4) is 5.75 Å². The number of allylic oxidation sites excluding steroid dienone is 4. The van der Waals surface area contributed by atoms with Gasteiger partial charge in [0.1, 0.15) is 5.75 Å². The molecule has 2 aromatic rings. The highest BCUT2D eigenvalue weighted by Gasteiger charge is 2.14. The molecule has 0 saturated carbocycles. The maximum Gasteiger partial charge on any atom is 0.166 e. The first-order chi connectivity index (χ1) is 11.7. The van der Waals surface area contributed by atoms with Crippen molar-refractivity contribution in [2.24, 2.45) is 0 Å². The first kappa shape index (κ1) is 16.0. The Labute approximate surface area is 142 Å². The molecule has 0 atom stereocenters. The molecule has 1 aliphatic rings. The van der Waals surface area contributed by atoms with Crippen molar-refractivity contribution in [2.45, 2.75) is 12.8 Å². The molecule has 0 aromatic heterocycles. The third kappa shape index (κ3) is 4.11. The van der Waals surface area contributed by atoms with Crippen molar-refractivity contribution in [3.63, 3.8) is 0 Å². The van der Waals surface area contributed by atoms with Gasteiger partial charge < -0.3 is 4.74 Å². The van der Waals surface area contributed by atoms with Gasteiger partial charge in [0.15, 0.2) is 5.78 Å². The van der Waals surface area contributed by atoms with Crippen LogP contribution in [0.25, 0.3) is 6.08 Å². The number of carbonyl (C=O) groups is 1. The Morgan fingerprint density at radius 2 is 1.96 bits per heavy atom. The van der Waals surface area contributed by atoms with E-state index in [-0.39, 0.29) is 5.78 Å². The number of hydrogen-bond donors (Lipinski definition) is 0. The fourth-order valence-electron chi connectivity index (χ4n) is 2.60. The van der Waals surface area contributed by atoms with E-state index in [1.54, 1.807) is 0 Å². The lowest BCUT2D eigenvalue weighted by molar-refractivity contribution is 0.0995. The van der Waals surface area contributed by atoms with E-state index >= 15 is 0 Å². The van der Waals surface area contributed by atoms with E-state index in [4.69, 9.17) is 4.74 Å². The summed E-state index contributed by atoms with van der Waals surface area (Å²) in [6.07, 6.45) is 8.97. The Morgan fingerprint density at radius 3 is 2.79 bits per heavy atom. The van der Waals surface area contributed by atoms with E-state index in [2.05, 4.69) is 6.58 Å². The van der Waals surface area contributed by atoms with Crippen LogP contribution >= 0.6 is 0 Å². The van der Waals surface area contributed by atoms with Crippen molar-refractivity contribution in [3.05, 3.63) is 95.6 Å². The van der Waals surface area contributed by atoms with E-state index in [1.807, 2.05) is 72.8 Å². The molecule has 0 aliphatic carbocycles. The Balaban J connectivity index is 1.55. The summed E-state index contributed by atoms with van der Waals surface area (Å²) in [7, 11) is 0. The van der Waals surface area contributed by atoms with E-state index in [0.717, 1.165) is 23.3 Å². The van der Waals surface area contributed by atoms with E-state index in [9.17, 15) is 4.79 Å². The third-order valence-corrected chi connectivity index (χ3v) is 3.94. The van der Waals surface area contributed by atoms with Gasteiger partial charge in [-0.15, -0.1) is 0 Å². The average Bonchev–Trinajstić information content (AvgIpc) is 3.08. The minimum absolute atomic E-state index is 0.0874. The molecule has 0 unspecified atom stereocenters. The van der Waals surface area contributed by atoms with Gasteiger partial charge in [-0.3, -0.25) is 4.79 Å². The first-order valence-corrected chi connectivity index (χ1v) is 8.10. The minimum atomic E-state index is 0.0874. The minimum Gasteiger partial charge on any atom is -0.493 e. The van der Waals surface area contributed by atoms with Gasteiger partial charge in [-0.25, -0.2) is 0 Å². The fraction of sp³-hybridized carbons (Fsp3) is 0.136. The van der Waals surface area contributed by atoms with Crippen molar-refractivity contribution in [2.75, 3.05) is 6.61 Å². The third-order valence-electron chi connectivity index (χ3n) is 3.94. The highest BCUT2D eigenvalue weighted by atomic mass is 16.5. The second kappa shape index (κ2) is 7.60. The molecule has 0 bridgehead atoms. The summed E-state index contributed by atoms with van der Waals surface area (Å²) in [6, 6.07) is 15.8. The van der Waals surface area contributed by atoms with Crippen molar-refractivity contribution < 1.29 is 9.53 Å². The number of ether oxygens (including phenoxy) is 1. The van der Waals surface area contributed by atoms with Crippen LogP contribution in [0.4, 0.5) is 0 Å². The van der Waals surface area contributed by atoms with Gasteiger partial charge in [-0.1, -0.05) is 73.3 Å². The number of ketones is 1. The van der Waals surface area contributed by atoms with Crippen LogP contribution in [0.5, 0.6) is 5.75 Å². The molecular weight excluding hydrogens is 296 g/mol. The SMILES string of the molecule is C=C(/C=C\CC(=O)c1ccc2c(c1)OCC2)/C=C/c1ccccc1. The number of Topliss-reactive ketones (excluding diaryl/α,β-unsaturated/α-hetero) is 1. The molecule has 0 spiro atoms. The summed E-state index contributed by atoms with van der Waals surface area (Å²) >= 11 is 0. The number of benzene rings is 2. The summed E-state index contributed by atoms with van der Waals surface area (Å²) in [5.41, 5.74) is 3.87. The van der Waals surface area contributed by atoms with Gasteiger partial charge >= 0.3 is 0 Å². The summed E-state index contributed by atoms with van der Waals surface area (Å²) in [6.45, 7) is 4.69. The molecule has 0 N–H and O–H groups in total. The Hall–Kier alpha value is -2.87. The van der Waals surface area contributed by atoms with Crippen LogP contribution < -0.4 is 4.74 Å². The summed E-state index contributed by atoms with van der Waals surface area (Å²) < 4.78 is 5.51. The highest BCUT2D eigenvalue weighted by molar-refractivity contribution is 5.97. The standard InChI is InChI=1S/C22H20O2/c1-17(10-11-18-7-3-2-4-8-18)6-5-9-21(23)20-13-12-19-14-15-24-22(19)16-20/h2-8,10-13,16H,1,9,14-15H2/b6-5-,11-10+. The van der Waals surface area contributed by atoms with Crippen molar-refractivity contribution in [1.29, 1.82) is 0 Å². The first-order valence-electron chi connectivity index (χ1n) is 8.10. The van der Waals surface area contributed by atoms with E-state index in [1.165, 1.54) is 5.56 Å². The molecule has 2 nitrogen and oxygen atoms in total. The highest BCUT2D eigenvalue weighted by Crippen LogP contribution is 2.26. The number of carbonyl (C=O) groups excluding carboxylic acids is 1. The number of fused-ring (bicyclic) bond motifs is 1. The predicted molar refractivity (Wildman–Crippen MR) is 98.3 cm³/mol. The van der Waals surface area contributed by atoms with Crippen LogP contribution in [0.15, 0.2) is 78.9 Å². The van der Waals surface area contributed by atoms with E-state index in [0.29, 0.717) is 18.6 Å². The Morgan fingerprint density at radius 1 is 1.12 bits per heavy atom. The summed E-state index contributed by atoms with van der Waals surface area (Å²) in [5, 5.41) is 0. The lowest BCUT2D eigenvalue weighted by atomic mass is 10.0. The topological polar surface area (TPSA) is 26.3 Å². The van der Waals surface area contributed by atoms with Gasteiger partial charge in [0.05, 0.1) is 6.61 Å². The molecular formula is C22H20O2. The van der Waals surface area contributed by atoms with Crippen LogP contribution in [-0.4, -0.2) is 12.4 Å². The van der Waals surface area contributed by atoms with Crippen LogP contribution in [0.3, 0.4) is 0 Å². The Bertz CT molecular complexity index is 798. The smallest absolute Gasteiger partial charge is 0.166 e. The van der Waals surface area contributed by atoms with Gasteiger partial charge in [0, 0.05) is 18.4 Å². The molecule has 3 rings (SSSR count). The average molecular weight is 316 g/mol. The van der Waals surface area contributed by atoms with Gasteiger partial charge in [0.2, 0.25) is 0 Å². The molecule has 24 heavy (non-hydrogen) atoms. The predicted octanol–water partition coefficient (Wildman–Crippen LogP) is 5.02. The maximum absolute atomic E-state index is 12.3. The van der Waals surface area contributed by atoms with Gasteiger partial charge in [-0.2, -0.15) is 0 Å². The lowest BCUT2D eigenvalue weighted by Gasteiger charge is -2.02. The van der Waals surface area contributed by atoms with E-state index < -0.39 is 0 Å². The Kier molecular flexibility index (Phi) is 5.07. The molecule has 2 aromatic carbocycles. The van der Waals surface area contributed by atoms with Crippen molar-refractivity contribution >= 4 is 11.9 Å². The number of rotatable bonds is 6. The molecule has 0 fully saturated rings. The maximum atomic E-state index is 12.3. The zero-order valence-corrected chi connectivity index (χ0v) is 13.6. The van der Waals surface area contributed by atoms with Gasteiger partial charge in [-0.05, 0) is 22.8 Å². The quantitative estimate of drug-likeness (QED) is 0.552. The van der Waals surface area contributed by atoms with Gasteiger partial charge in [0.25, 0.3) is 0 Å². The second-order valence-corrected chi connectivity index (χ2v) is 5.77. The lowest BCUT2D eigenvalue weighted by Crippen LogP contribution is -1.97. The molecule has 1 aliphatic heterocycles. The fourth-order valence-corrected chi connectivity index (χ4v) is 2.60. The molecule has 0 saturated heterocycles. The molecule has 120 valence electrons. The normalized spacial score (nSPS) is 13.2.